The molecule has 0 fully saturated rings. The van der Waals surface area contributed by atoms with E-state index in [4.69, 9.17) is 0 Å². The number of H-pyrrole nitrogens is 1. The summed E-state index contributed by atoms with van der Waals surface area (Å²) in [7, 11) is 0. The Balaban J connectivity index is 1.39. The molecule has 3 N–H and O–H groups in total. The van der Waals surface area contributed by atoms with Crippen molar-refractivity contribution in [1.29, 1.82) is 0 Å². The molecule has 1 aromatic carbocycles. The van der Waals surface area contributed by atoms with Gasteiger partial charge in [-0.3, -0.25) is 14.7 Å². The number of aromatic amines is 1. The standard InChI is InChI=1S/C17H19N5O2/c23-15-9-11-3-1-2-4-14(11)22(15)8-7-19-17(24)16-12-10-18-6-5-13(12)20-21-16/h1-4,18H,5-10H2,(H,19,24)(H,20,21). The van der Waals surface area contributed by atoms with Gasteiger partial charge in [-0.15, -0.1) is 0 Å². The summed E-state index contributed by atoms with van der Waals surface area (Å²) in [5.74, 6) is -0.122. The lowest BCUT2D eigenvalue weighted by Crippen LogP contribution is -2.37. The lowest BCUT2D eigenvalue weighted by atomic mass is 10.1. The number of para-hydroxylation sites is 1. The molecular weight excluding hydrogens is 306 g/mol. The number of amides is 2. The average Bonchev–Trinajstić information content (AvgIpc) is 3.16. The van der Waals surface area contributed by atoms with E-state index in [-0.39, 0.29) is 11.8 Å². The number of anilines is 1. The van der Waals surface area contributed by atoms with Crippen LogP contribution >= 0.6 is 0 Å². The van der Waals surface area contributed by atoms with Crippen LogP contribution in [0.15, 0.2) is 24.3 Å². The molecule has 0 atom stereocenters. The molecule has 0 saturated carbocycles. The molecule has 2 amide bonds. The molecule has 0 unspecified atom stereocenters. The average molecular weight is 325 g/mol. The van der Waals surface area contributed by atoms with Crippen molar-refractivity contribution in [3.8, 4) is 0 Å². The van der Waals surface area contributed by atoms with E-state index >= 15 is 0 Å². The monoisotopic (exact) mass is 325 g/mol. The van der Waals surface area contributed by atoms with Crippen molar-refractivity contribution in [2.75, 3.05) is 24.5 Å². The summed E-state index contributed by atoms with van der Waals surface area (Å²) in [6.45, 7) is 2.42. The van der Waals surface area contributed by atoms with E-state index in [9.17, 15) is 9.59 Å². The van der Waals surface area contributed by atoms with Crippen molar-refractivity contribution in [2.45, 2.75) is 19.4 Å². The van der Waals surface area contributed by atoms with Gasteiger partial charge in [-0.2, -0.15) is 5.10 Å². The minimum Gasteiger partial charge on any atom is -0.349 e. The van der Waals surface area contributed by atoms with E-state index in [1.807, 2.05) is 24.3 Å². The summed E-state index contributed by atoms with van der Waals surface area (Å²) in [5.41, 5.74) is 4.41. The van der Waals surface area contributed by atoms with E-state index in [2.05, 4.69) is 20.8 Å². The van der Waals surface area contributed by atoms with Crippen LogP contribution in [0.1, 0.15) is 27.3 Å². The lowest BCUT2D eigenvalue weighted by molar-refractivity contribution is -0.117. The van der Waals surface area contributed by atoms with Crippen LogP contribution in [0.2, 0.25) is 0 Å². The third kappa shape index (κ3) is 2.56. The molecule has 124 valence electrons. The molecule has 0 spiro atoms. The summed E-state index contributed by atoms with van der Waals surface area (Å²) in [4.78, 5) is 26.2. The Morgan fingerprint density at radius 2 is 2.21 bits per heavy atom. The van der Waals surface area contributed by atoms with Gasteiger partial charge in [0.05, 0.1) is 6.42 Å². The highest BCUT2D eigenvalue weighted by molar-refractivity contribution is 6.01. The number of carbonyl (C=O) groups excluding carboxylic acids is 2. The minimum atomic E-state index is -0.198. The van der Waals surface area contributed by atoms with Crippen LogP contribution in [-0.2, 0) is 24.2 Å². The normalized spacial score (nSPS) is 16.0. The van der Waals surface area contributed by atoms with Gasteiger partial charge in [-0.25, -0.2) is 0 Å². The molecule has 0 saturated heterocycles. The molecule has 2 aromatic rings. The highest BCUT2D eigenvalue weighted by Crippen LogP contribution is 2.27. The number of rotatable bonds is 4. The summed E-state index contributed by atoms with van der Waals surface area (Å²) < 4.78 is 0. The van der Waals surface area contributed by atoms with Crippen molar-refractivity contribution >= 4 is 17.5 Å². The Labute approximate surface area is 139 Å². The molecule has 1 aromatic heterocycles. The molecule has 4 rings (SSSR count). The quantitative estimate of drug-likeness (QED) is 0.758. The molecule has 3 heterocycles. The minimum absolute atomic E-state index is 0.0757. The highest BCUT2D eigenvalue weighted by Gasteiger charge is 2.27. The van der Waals surface area contributed by atoms with E-state index in [1.165, 1.54) is 0 Å². The topological polar surface area (TPSA) is 90.1 Å². The maximum atomic E-state index is 12.4. The van der Waals surface area contributed by atoms with Gasteiger partial charge in [-0.05, 0) is 11.6 Å². The molecule has 0 aliphatic carbocycles. The highest BCUT2D eigenvalue weighted by atomic mass is 16.2. The van der Waals surface area contributed by atoms with Crippen molar-refractivity contribution in [1.82, 2.24) is 20.8 Å². The Hall–Kier alpha value is -2.67. The van der Waals surface area contributed by atoms with Gasteiger partial charge < -0.3 is 15.5 Å². The first-order chi connectivity index (χ1) is 11.7. The fourth-order valence-electron chi connectivity index (χ4n) is 3.34. The van der Waals surface area contributed by atoms with Gasteiger partial charge in [0.25, 0.3) is 5.91 Å². The number of hydrogen-bond donors (Lipinski definition) is 3. The summed E-state index contributed by atoms with van der Waals surface area (Å²) in [6.07, 6.45) is 1.29. The molecule has 7 nitrogen and oxygen atoms in total. The Morgan fingerprint density at radius 1 is 1.33 bits per heavy atom. The largest absolute Gasteiger partial charge is 0.349 e. The van der Waals surface area contributed by atoms with Gasteiger partial charge in [0.1, 0.15) is 0 Å². The smallest absolute Gasteiger partial charge is 0.272 e. The maximum absolute atomic E-state index is 12.4. The third-order valence-corrected chi connectivity index (χ3v) is 4.57. The van der Waals surface area contributed by atoms with E-state index < -0.39 is 0 Å². The Bertz CT molecular complexity index is 798. The number of benzene rings is 1. The maximum Gasteiger partial charge on any atom is 0.272 e. The number of aromatic nitrogens is 2. The van der Waals surface area contributed by atoms with E-state index in [1.54, 1.807) is 4.90 Å². The first-order valence-corrected chi connectivity index (χ1v) is 8.17. The van der Waals surface area contributed by atoms with E-state index in [0.29, 0.717) is 31.7 Å². The molecule has 2 aliphatic rings. The molecule has 0 radical (unpaired) electrons. The van der Waals surface area contributed by atoms with Gasteiger partial charge >= 0.3 is 0 Å². The van der Waals surface area contributed by atoms with Crippen LogP contribution in [0.25, 0.3) is 0 Å². The second-order valence-electron chi connectivity index (χ2n) is 6.06. The van der Waals surface area contributed by atoms with Gasteiger partial charge in [0, 0.05) is 49.5 Å². The number of nitrogens with zero attached hydrogens (tertiary/aromatic N) is 2. The van der Waals surface area contributed by atoms with Crippen molar-refractivity contribution in [3.05, 3.63) is 46.8 Å². The Kier molecular flexibility index (Phi) is 3.78. The summed E-state index contributed by atoms with van der Waals surface area (Å²) in [5, 5.41) is 13.2. The Morgan fingerprint density at radius 3 is 3.12 bits per heavy atom. The predicted octanol–water partition coefficient (Wildman–Crippen LogP) is 0.374. The van der Waals surface area contributed by atoms with Crippen LogP contribution in [0.4, 0.5) is 5.69 Å². The van der Waals surface area contributed by atoms with Crippen LogP contribution in [0, 0.1) is 0 Å². The second kappa shape index (κ2) is 6.09. The summed E-state index contributed by atoms with van der Waals surface area (Å²) in [6, 6.07) is 7.77. The molecule has 24 heavy (non-hydrogen) atoms. The number of fused-ring (bicyclic) bond motifs is 2. The van der Waals surface area contributed by atoms with Gasteiger partial charge in [0.15, 0.2) is 5.69 Å². The first kappa shape index (κ1) is 14.9. The fraction of sp³-hybridized carbons (Fsp3) is 0.353. The number of nitrogens with one attached hydrogen (secondary N) is 3. The SMILES string of the molecule is O=C(NCCN1C(=O)Cc2ccccc21)c1n[nH]c2c1CNCC2. The van der Waals surface area contributed by atoms with Gasteiger partial charge in [0.2, 0.25) is 5.91 Å². The van der Waals surface area contributed by atoms with Gasteiger partial charge in [-0.1, -0.05) is 18.2 Å². The fourth-order valence-corrected chi connectivity index (χ4v) is 3.34. The van der Waals surface area contributed by atoms with Crippen LogP contribution in [0.3, 0.4) is 0 Å². The van der Waals surface area contributed by atoms with Crippen LogP contribution in [0.5, 0.6) is 0 Å². The van der Waals surface area contributed by atoms with Crippen LogP contribution in [-0.4, -0.2) is 41.6 Å². The zero-order valence-electron chi connectivity index (χ0n) is 13.3. The zero-order chi connectivity index (χ0) is 16.5. The number of carbonyl (C=O) groups is 2. The molecule has 7 heteroatoms. The first-order valence-electron chi connectivity index (χ1n) is 8.17. The zero-order valence-corrected chi connectivity index (χ0v) is 13.3. The van der Waals surface area contributed by atoms with Crippen LogP contribution < -0.4 is 15.5 Å². The number of hydrogen-bond acceptors (Lipinski definition) is 4. The van der Waals surface area contributed by atoms with Crippen molar-refractivity contribution in [2.24, 2.45) is 0 Å². The second-order valence-corrected chi connectivity index (χ2v) is 6.06. The van der Waals surface area contributed by atoms with Crippen molar-refractivity contribution in [3.63, 3.8) is 0 Å². The molecular formula is C17H19N5O2. The summed E-state index contributed by atoms with van der Waals surface area (Å²) >= 11 is 0. The van der Waals surface area contributed by atoms with E-state index in [0.717, 1.165) is 35.5 Å². The third-order valence-electron chi connectivity index (χ3n) is 4.57. The molecule has 2 aliphatic heterocycles. The predicted molar refractivity (Wildman–Crippen MR) is 88.8 cm³/mol. The molecule has 0 bridgehead atoms. The lowest BCUT2D eigenvalue weighted by Gasteiger charge is -2.18. The van der Waals surface area contributed by atoms with Crippen molar-refractivity contribution < 1.29 is 9.59 Å².